The molecule has 0 saturated carbocycles. The molecular weight excluding hydrogens is 288 g/mol. The Bertz CT molecular complexity index is 591. The summed E-state index contributed by atoms with van der Waals surface area (Å²) in [5.41, 5.74) is 7.32. The molecule has 21 heavy (non-hydrogen) atoms. The molecule has 2 N–H and O–H groups in total. The first kappa shape index (κ1) is 15.6. The molecule has 2 heterocycles. The molecule has 0 bridgehead atoms. The van der Waals surface area contributed by atoms with E-state index in [0.29, 0.717) is 19.5 Å². The maximum Gasteiger partial charge on any atom is 0.228 e. The zero-order chi connectivity index (χ0) is 15.2. The van der Waals surface area contributed by atoms with E-state index >= 15 is 0 Å². The monoisotopic (exact) mass is 308 g/mol. The lowest BCUT2D eigenvalue weighted by atomic mass is 10.2. The van der Waals surface area contributed by atoms with E-state index in [4.69, 9.17) is 5.73 Å². The van der Waals surface area contributed by atoms with E-state index in [1.807, 2.05) is 11.6 Å². The molecule has 0 aliphatic carbocycles. The highest BCUT2D eigenvalue weighted by Gasteiger charge is 2.10. The second-order valence-electron chi connectivity index (χ2n) is 5.00. The third-order valence-corrected chi connectivity index (χ3v) is 3.85. The molecule has 1 amide bonds. The highest BCUT2D eigenvalue weighted by atomic mass is 32.1. The van der Waals surface area contributed by atoms with Gasteiger partial charge in [-0.2, -0.15) is 0 Å². The number of rotatable bonds is 7. The number of nitrogens with zero attached hydrogens (tertiary/aromatic N) is 5. The van der Waals surface area contributed by atoms with Crippen molar-refractivity contribution in [3.63, 3.8) is 0 Å². The molecule has 2 rings (SSSR count). The Morgan fingerprint density at radius 1 is 1.43 bits per heavy atom. The molecule has 7 nitrogen and oxygen atoms in total. The summed E-state index contributed by atoms with van der Waals surface area (Å²) in [6.07, 6.45) is 4.01. The van der Waals surface area contributed by atoms with E-state index in [-0.39, 0.29) is 5.91 Å². The third-order valence-electron chi connectivity index (χ3n) is 2.95. The number of aryl methyl sites for hydroxylation is 1. The standard InChI is InChI=1S/C13H20N6OS/c1-18(2)13(20)6-12-15-11(9-21-12)8-19-7-10(16-17-19)4-3-5-14/h7,9H,3-6,8,14H2,1-2H3. The van der Waals surface area contributed by atoms with Crippen LogP contribution >= 0.6 is 11.3 Å². The van der Waals surface area contributed by atoms with Gasteiger partial charge >= 0.3 is 0 Å². The summed E-state index contributed by atoms with van der Waals surface area (Å²) in [6.45, 7) is 1.23. The van der Waals surface area contributed by atoms with Gasteiger partial charge in [0.15, 0.2) is 0 Å². The maximum absolute atomic E-state index is 11.6. The van der Waals surface area contributed by atoms with Crippen LogP contribution in [0.4, 0.5) is 0 Å². The first-order valence-electron chi connectivity index (χ1n) is 6.81. The van der Waals surface area contributed by atoms with Gasteiger partial charge in [-0.05, 0) is 19.4 Å². The molecule has 8 heteroatoms. The van der Waals surface area contributed by atoms with E-state index in [0.717, 1.165) is 29.2 Å². The van der Waals surface area contributed by atoms with Crippen LogP contribution in [-0.4, -0.2) is 51.4 Å². The summed E-state index contributed by atoms with van der Waals surface area (Å²) in [6, 6.07) is 0. The van der Waals surface area contributed by atoms with Crippen LogP contribution in [0.1, 0.15) is 22.8 Å². The minimum absolute atomic E-state index is 0.0562. The molecule has 0 unspecified atom stereocenters. The topological polar surface area (TPSA) is 89.9 Å². The fraction of sp³-hybridized carbons (Fsp3) is 0.538. The molecule has 0 atom stereocenters. The van der Waals surface area contributed by atoms with Gasteiger partial charge in [-0.1, -0.05) is 5.21 Å². The van der Waals surface area contributed by atoms with Crippen LogP contribution in [0.2, 0.25) is 0 Å². The Labute approximate surface area is 127 Å². The lowest BCUT2D eigenvalue weighted by Crippen LogP contribution is -2.23. The zero-order valence-corrected chi connectivity index (χ0v) is 13.1. The van der Waals surface area contributed by atoms with Crippen LogP contribution in [0.25, 0.3) is 0 Å². The second-order valence-corrected chi connectivity index (χ2v) is 5.94. The fourth-order valence-corrected chi connectivity index (χ4v) is 2.55. The molecule has 2 aromatic rings. The van der Waals surface area contributed by atoms with E-state index in [1.165, 1.54) is 11.3 Å². The Balaban J connectivity index is 1.93. The summed E-state index contributed by atoms with van der Waals surface area (Å²) < 4.78 is 1.76. The normalized spacial score (nSPS) is 10.8. The van der Waals surface area contributed by atoms with E-state index < -0.39 is 0 Å². The van der Waals surface area contributed by atoms with Crippen molar-refractivity contribution in [1.82, 2.24) is 24.9 Å². The predicted molar refractivity (Wildman–Crippen MR) is 81.0 cm³/mol. The number of nitrogens with two attached hydrogens (primary N) is 1. The molecule has 0 radical (unpaired) electrons. The lowest BCUT2D eigenvalue weighted by Gasteiger charge is -2.07. The van der Waals surface area contributed by atoms with E-state index in [9.17, 15) is 4.79 Å². The van der Waals surface area contributed by atoms with Gasteiger partial charge in [0, 0.05) is 25.7 Å². The van der Waals surface area contributed by atoms with Crippen molar-refractivity contribution in [2.45, 2.75) is 25.8 Å². The van der Waals surface area contributed by atoms with Crippen molar-refractivity contribution in [2.24, 2.45) is 5.73 Å². The van der Waals surface area contributed by atoms with Crippen LogP contribution in [0.15, 0.2) is 11.6 Å². The smallest absolute Gasteiger partial charge is 0.228 e. The van der Waals surface area contributed by atoms with Gasteiger partial charge in [-0.3, -0.25) is 4.79 Å². The van der Waals surface area contributed by atoms with Gasteiger partial charge in [0.1, 0.15) is 5.01 Å². The highest BCUT2D eigenvalue weighted by molar-refractivity contribution is 7.09. The number of aromatic nitrogens is 4. The highest BCUT2D eigenvalue weighted by Crippen LogP contribution is 2.12. The quantitative estimate of drug-likeness (QED) is 0.795. The SMILES string of the molecule is CN(C)C(=O)Cc1nc(Cn2cc(CCCN)nn2)cs1. The predicted octanol–water partition coefficient (Wildman–Crippen LogP) is 0.305. The number of amides is 1. The molecule has 0 saturated heterocycles. The van der Waals surface area contributed by atoms with Gasteiger partial charge in [-0.25, -0.2) is 9.67 Å². The van der Waals surface area contributed by atoms with Gasteiger partial charge in [0.05, 0.1) is 24.4 Å². The van der Waals surface area contributed by atoms with E-state index in [2.05, 4.69) is 15.3 Å². The Morgan fingerprint density at radius 2 is 2.24 bits per heavy atom. The van der Waals surface area contributed by atoms with Crippen LogP contribution in [0.3, 0.4) is 0 Å². The summed E-state index contributed by atoms with van der Waals surface area (Å²) in [5, 5.41) is 11.0. The van der Waals surface area contributed by atoms with Crippen LogP contribution in [0.5, 0.6) is 0 Å². The van der Waals surface area contributed by atoms with Crippen LogP contribution in [-0.2, 0) is 24.2 Å². The maximum atomic E-state index is 11.6. The molecule has 0 aliphatic rings. The second kappa shape index (κ2) is 7.28. The summed E-state index contributed by atoms with van der Waals surface area (Å²) in [5.74, 6) is 0.0562. The van der Waals surface area contributed by atoms with E-state index in [1.54, 1.807) is 23.7 Å². The largest absolute Gasteiger partial charge is 0.348 e. The van der Waals surface area contributed by atoms with Crippen LogP contribution < -0.4 is 5.73 Å². The lowest BCUT2D eigenvalue weighted by molar-refractivity contribution is -0.127. The van der Waals surface area contributed by atoms with Gasteiger partial charge in [-0.15, -0.1) is 16.4 Å². The van der Waals surface area contributed by atoms with Crippen LogP contribution in [0, 0.1) is 0 Å². The van der Waals surface area contributed by atoms with Crippen molar-refractivity contribution in [3.05, 3.63) is 28.0 Å². The van der Waals surface area contributed by atoms with Gasteiger partial charge in [0.25, 0.3) is 0 Å². The Hall–Kier alpha value is -1.80. The first-order valence-corrected chi connectivity index (χ1v) is 7.69. The Kier molecular flexibility index (Phi) is 5.40. The van der Waals surface area contributed by atoms with Crippen molar-refractivity contribution in [2.75, 3.05) is 20.6 Å². The third kappa shape index (κ3) is 4.61. The summed E-state index contributed by atoms with van der Waals surface area (Å²) in [4.78, 5) is 17.7. The van der Waals surface area contributed by atoms with Crippen molar-refractivity contribution in [3.8, 4) is 0 Å². The average Bonchev–Trinajstić information content (AvgIpc) is 3.06. The number of likely N-dealkylation sites (N-methyl/N-ethyl adjacent to an activating group) is 1. The minimum Gasteiger partial charge on any atom is -0.348 e. The molecular formula is C13H20N6OS. The summed E-state index contributed by atoms with van der Waals surface area (Å²) >= 11 is 1.50. The number of carbonyl (C=O) groups is 1. The first-order chi connectivity index (χ1) is 10.1. The number of thiazole rings is 1. The Morgan fingerprint density at radius 3 is 2.95 bits per heavy atom. The zero-order valence-electron chi connectivity index (χ0n) is 12.3. The number of hydrogen-bond donors (Lipinski definition) is 1. The number of carbonyl (C=O) groups excluding carboxylic acids is 1. The molecule has 0 fully saturated rings. The van der Waals surface area contributed by atoms with Crippen molar-refractivity contribution in [1.29, 1.82) is 0 Å². The van der Waals surface area contributed by atoms with Crippen molar-refractivity contribution >= 4 is 17.2 Å². The van der Waals surface area contributed by atoms with Crippen molar-refractivity contribution < 1.29 is 4.79 Å². The summed E-state index contributed by atoms with van der Waals surface area (Å²) in [7, 11) is 3.49. The van der Waals surface area contributed by atoms with Gasteiger partial charge in [0.2, 0.25) is 5.91 Å². The average molecular weight is 308 g/mol. The number of hydrogen-bond acceptors (Lipinski definition) is 6. The minimum atomic E-state index is 0.0562. The molecule has 0 aromatic carbocycles. The fourth-order valence-electron chi connectivity index (χ4n) is 1.77. The molecule has 0 spiro atoms. The van der Waals surface area contributed by atoms with Gasteiger partial charge < -0.3 is 10.6 Å². The molecule has 114 valence electrons. The molecule has 2 aromatic heterocycles. The molecule has 0 aliphatic heterocycles.